The Hall–Kier alpha value is -1.81. The molecular weight excluding hydrogens is 284 g/mol. The molecule has 0 saturated carbocycles. The summed E-state index contributed by atoms with van der Waals surface area (Å²) in [4.78, 5) is 6.75. The lowest BCUT2D eigenvalue weighted by molar-refractivity contribution is 0.176. The highest BCUT2D eigenvalue weighted by molar-refractivity contribution is 5.79. The van der Waals surface area contributed by atoms with Crippen LogP contribution in [-0.4, -0.2) is 37.5 Å². The summed E-state index contributed by atoms with van der Waals surface area (Å²) in [5, 5.41) is 6.48. The summed E-state index contributed by atoms with van der Waals surface area (Å²) >= 11 is 0. The average molecular weight is 314 g/mol. The predicted octanol–water partition coefficient (Wildman–Crippen LogP) is 2.77. The third-order valence-electron chi connectivity index (χ3n) is 4.27. The van der Waals surface area contributed by atoms with Crippen molar-refractivity contribution < 1.29 is 0 Å². The monoisotopic (exact) mass is 314 g/mol. The minimum Gasteiger partial charge on any atom is -0.353 e. The van der Waals surface area contributed by atoms with Crippen LogP contribution in [-0.2, 0) is 13.1 Å². The highest BCUT2D eigenvalue weighted by Gasteiger charge is 2.15. The lowest BCUT2D eigenvalue weighted by Gasteiger charge is -2.30. The zero-order valence-electron chi connectivity index (χ0n) is 14.5. The first-order valence-corrected chi connectivity index (χ1v) is 8.57. The summed E-state index contributed by atoms with van der Waals surface area (Å²) in [6.07, 6.45) is 4.53. The van der Waals surface area contributed by atoms with Crippen molar-refractivity contribution in [3.8, 4) is 0 Å². The lowest BCUT2D eigenvalue weighted by Crippen LogP contribution is -2.36. The van der Waals surface area contributed by atoms with Crippen molar-refractivity contribution in [2.75, 3.05) is 26.7 Å². The first-order chi connectivity index (χ1) is 11.2. The largest absolute Gasteiger partial charge is 0.353 e. The number of hydrogen-bond acceptors (Lipinski definition) is 2. The number of hydrogen-bond donors (Lipinski definition) is 2. The summed E-state index contributed by atoms with van der Waals surface area (Å²) in [5.41, 5.74) is 2.67. The maximum Gasteiger partial charge on any atom is 0.191 e. The minimum atomic E-state index is 0.715. The van der Waals surface area contributed by atoms with Crippen molar-refractivity contribution >= 4 is 5.96 Å². The topological polar surface area (TPSA) is 39.7 Å². The molecule has 2 rings (SSSR count). The van der Waals surface area contributed by atoms with Crippen LogP contribution in [0.5, 0.6) is 0 Å². The summed E-state index contributed by atoms with van der Waals surface area (Å²) in [7, 11) is 1.78. The average Bonchev–Trinajstić information content (AvgIpc) is 2.56. The summed E-state index contributed by atoms with van der Waals surface area (Å²) < 4.78 is 0. The van der Waals surface area contributed by atoms with E-state index in [-0.39, 0.29) is 0 Å². The van der Waals surface area contributed by atoms with E-state index in [2.05, 4.69) is 58.3 Å². The second-order valence-corrected chi connectivity index (χ2v) is 6.39. The Bertz CT molecular complexity index is 507. The number of nitrogens with zero attached hydrogens (tertiary/aromatic N) is 2. The van der Waals surface area contributed by atoms with Crippen LogP contribution in [0.15, 0.2) is 41.9 Å². The normalized spacial score (nSPS) is 19.4. The van der Waals surface area contributed by atoms with E-state index in [0.717, 1.165) is 25.0 Å². The molecule has 1 aromatic carbocycles. The first-order valence-electron chi connectivity index (χ1n) is 8.57. The zero-order chi connectivity index (χ0) is 16.5. The molecule has 0 radical (unpaired) electrons. The molecular formula is C19H30N4. The molecule has 126 valence electrons. The van der Waals surface area contributed by atoms with Gasteiger partial charge in [0.15, 0.2) is 5.96 Å². The van der Waals surface area contributed by atoms with Gasteiger partial charge in [-0.2, -0.15) is 0 Å². The molecule has 0 bridgehead atoms. The first kappa shape index (κ1) is 17.5. The highest BCUT2D eigenvalue weighted by atomic mass is 15.2. The van der Waals surface area contributed by atoms with Crippen LogP contribution in [0.25, 0.3) is 0 Å². The van der Waals surface area contributed by atoms with Gasteiger partial charge in [0, 0.05) is 33.2 Å². The van der Waals surface area contributed by atoms with Crippen LogP contribution in [0, 0.1) is 5.92 Å². The molecule has 23 heavy (non-hydrogen) atoms. The Kier molecular flexibility index (Phi) is 7.14. The van der Waals surface area contributed by atoms with Crippen molar-refractivity contribution in [2.45, 2.75) is 32.9 Å². The van der Waals surface area contributed by atoms with Crippen LogP contribution in [0.2, 0.25) is 0 Å². The van der Waals surface area contributed by atoms with Gasteiger partial charge in [-0.3, -0.25) is 9.89 Å². The molecule has 0 spiro atoms. The van der Waals surface area contributed by atoms with Crippen molar-refractivity contribution in [3.63, 3.8) is 0 Å². The van der Waals surface area contributed by atoms with Gasteiger partial charge < -0.3 is 10.6 Å². The number of piperidine rings is 1. The Morgan fingerprint density at radius 3 is 2.70 bits per heavy atom. The molecule has 1 heterocycles. The van der Waals surface area contributed by atoms with Crippen molar-refractivity contribution in [1.29, 1.82) is 0 Å². The molecule has 0 aliphatic carbocycles. The molecule has 1 aromatic rings. The van der Waals surface area contributed by atoms with Gasteiger partial charge in [-0.1, -0.05) is 37.3 Å². The molecule has 1 unspecified atom stereocenters. The van der Waals surface area contributed by atoms with Crippen LogP contribution >= 0.6 is 0 Å². The molecule has 1 atom stereocenters. The van der Waals surface area contributed by atoms with E-state index in [1.165, 1.54) is 37.1 Å². The summed E-state index contributed by atoms with van der Waals surface area (Å²) in [5.74, 6) is 1.64. The Labute approximate surface area is 140 Å². The van der Waals surface area contributed by atoms with Gasteiger partial charge in [-0.05, 0) is 36.4 Å². The SMILES string of the molecule is C=CCNC(=NC)NCc1ccc(CN2CCCC(C)C2)cc1. The maximum atomic E-state index is 4.18. The van der Waals surface area contributed by atoms with Crippen LogP contribution in [0.4, 0.5) is 0 Å². The number of guanidine groups is 1. The Balaban J connectivity index is 1.80. The second kappa shape index (κ2) is 9.36. The van der Waals surface area contributed by atoms with Gasteiger partial charge in [0.05, 0.1) is 0 Å². The molecule has 1 saturated heterocycles. The molecule has 2 N–H and O–H groups in total. The Morgan fingerprint density at radius 2 is 2.04 bits per heavy atom. The van der Waals surface area contributed by atoms with Gasteiger partial charge in [-0.15, -0.1) is 6.58 Å². The molecule has 1 aliphatic rings. The fourth-order valence-corrected chi connectivity index (χ4v) is 3.03. The van der Waals surface area contributed by atoms with Gasteiger partial charge >= 0.3 is 0 Å². The highest BCUT2D eigenvalue weighted by Crippen LogP contribution is 2.18. The lowest BCUT2D eigenvalue weighted by atomic mass is 9.99. The number of likely N-dealkylation sites (tertiary alicyclic amines) is 1. The fourth-order valence-electron chi connectivity index (χ4n) is 3.03. The van der Waals surface area contributed by atoms with E-state index in [1.807, 2.05) is 6.08 Å². The molecule has 0 amide bonds. The van der Waals surface area contributed by atoms with Crippen molar-refractivity contribution in [3.05, 3.63) is 48.0 Å². The molecule has 1 aliphatic heterocycles. The van der Waals surface area contributed by atoms with Gasteiger partial charge in [0.2, 0.25) is 0 Å². The van der Waals surface area contributed by atoms with E-state index >= 15 is 0 Å². The van der Waals surface area contributed by atoms with E-state index in [4.69, 9.17) is 0 Å². The molecule has 0 aromatic heterocycles. The van der Waals surface area contributed by atoms with Crippen molar-refractivity contribution in [1.82, 2.24) is 15.5 Å². The van der Waals surface area contributed by atoms with Gasteiger partial charge in [-0.25, -0.2) is 0 Å². The van der Waals surface area contributed by atoms with E-state index in [1.54, 1.807) is 7.05 Å². The van der Waals surface area contributed by atoms with Crippen LogP contribution in [0.3, 0.4) is 0 Å². The number of aliphatic imine (C=N–C) groups is 1. The standard InChI is InChI=1S/C19H30N4/c1-4-11-21-19(20-3)22-13-17-7-9-18(10-8-17)15-23-12-5-6-16(2)14-23/h4,7-10,16H,1,5-6,11-15H2,2-3H3,(H2,20,21,22). The van der Waals surface area contributed by atoms with Crippen LogP contribution < -0.4 is 10.6 Å². The third kappa shape index (κ3) is 6.06. The molecule has 4 nitrogen and oxygen atoms in total. The number of rotatable bonds is 6. The van der Waals surface area contributed by atoms with Gasteiger partial charge in [0.25, 0.3) is 0 Å². The third-order valence-corrected chi connectivity index (χ3v) is 4.27. The fraction of sp³-hybridized carbons (Fsp3) is 0.526. The summed E-state index contributed by atoms with van der Waals surface area (Å²) in [6, 6.07) is 8.90. The number of nitrogens with one attached hydrogen (secondary N) is 2. The second-order valence-electron chi connectivity index (χ2n) is 6.39. The minimum absolute atomic E-state index is 0.715. The van der Waals surface area contributed by atoms with E-state index < -0.39 is 0 Å². The van der Waals surface area contributed by atoms with Gasteiger partial charge in [0.1, 0.15) is 0 Å². The van der Waals surface area contributed by atoms with Crippen LogP contribution in [0.1, 0.15) is 30.9 Å². The Morgan fingerprint density at radius 1 is 1.30 bits per heavy atom. The quantitative estimate of drug-likeness (QED) is 0.482. The number of benzene rings is 1. The summed E-state index contributed by atoms with van der Waals surface area (Å²) in [6.45, 7) is 11.1. The molecule has 4 heteroatoms. The van der Waals surface area contributed by atoms with Crippen molar-refractivity contribution in [2.24, 2.45) is 10.9 Å². The zero-order valence-corrected chi connectivity index (χ0v) is 14.5. The smallest absolute Gasteiger partial charge is 0.191 e. The van der Waals surface area contributed by atoms with E-state index in [9.17, 15) is 0 Å². The predicted molar refractivity (Wildman–Crippen MR) is 98.5 cm³/mol. The molecule has 1 fully saturated rings. The maximum absolute atomic E-state index is 4.18. The van der Waals surface area contributed by atoms with E-state index in [0.29, 0.717) is 6.54 Å².